The number of ether oxygens (including phenoxy) is 1. The van der Waals surface area contributed by atoms with Crippen LogP contribution in [-0.4, -0.2) is 48.7 Å². The van der Waals surface area contributed by atoms with Crippen molar-refractivity contribution in [1.29, 1.82) is 0 Å². The Labute approximate surface area is 114 Å². The molecule has 19 heavy (non-hydrogen) atoms. The molecule has 6 nitrogen and oxygen atoms in total. The Bertz CT molecular complexity index is 339. The minimum absolute atomic E-state index is 0.188. The molecule has 3 atom stereocenters. The molecule has 0 radical (unpaired) electrons. The average Bonchev–Trinajstić information content (AvgIpc) is 2.27. The lowest BCUT2D eigenvalue weighted by Gasteiger charge is -2.30. The summed E-state index contributed by atoms with van der Waals surface area (Å²) in [6, 6.07) is -0.971. The Morgan fingerprint density at radius 3 is 2.53 bits per heavy atom. The Morgan fingerprint density at radius 2 is 2.00 bits per heavy atom. The van der Waals surface area contributed by atoms with Gasteiger partial charge in [-0.2, -0.15) is 0 Å². The van der Waals surface area contributed by atoms with E-state index in [1.165, 1.54) is 0 Å². The van der Waals surface area contributed by atoms with Gasteiger partial charge in [0.25, 0.3) is 0 Å². The summed E-state index contributed by atoms with van der Waals surface area (Å²) in [6.45, 7) is 10.5. The summed E-state index contributed by atoms with van der Waals surface area (Å²) >= 11 is 0. The summed E-state index contributed by atoms with van der Waals surface area (Å²) in [5.41, 5.74) is -0.310. The zero-order valence-electron chi connectivity index (χ0n) is 12.4. The van der Waals surface area contributed by atoms with Crippen LogP contribution < -0.4 is 16.0 Å². The number of hydrogen-bond donors (Lipinski definition) is 3. The van der Waals surface area contributed by atoms with Crippen LogP contribution in [0.1, 0.15) is 34.6 Å². The zero-order chi connectivity index (χ0) is 14.6. The third-order valence-electron chi connectivity index (χ3n) is 2.85. The van der Waals surface area contributed by atoms with E-state index in [0.717, 1.165) is 0 Å². The fraction of sp³-hybridized carbons (Fsp3) is 0.846. The van der Waals surface area contributed by atoms with E-state index in [4.69, 9.17) is 4.74 Å². The van der Waals surface area contributed by atoms with E-state index in [1.807, 2.05) is 27.7 Å². The van der Waals surface area contributed by atoms with Crippen LogP contribution in [-0.2, 0) is 14.3 Å². The number of nitrogens with one attached hydrogen (secondary N) is 3. The molecule has 1 aliphatic rings. The summed E-state index contributed by atoms with van der Waals surface area (Å²) in [7, 11) is 0. The fourth-order valence-corrected chi connectivity index (χ4v) is 1.87. The Morgan fingerprint density at radius 1 is 1.37 bits per heavy atom. The Hall–Kier alpha value is -1.14. The minimum atomic E-state index is -0.567. The molecule has 6 heteroatoms. The van der Waals surface area contributed by atoms with Crippen molar-refractivity contribution in [2.75, 3.05) is 13.2 Å². The molecule has 2 amide bonds. The number of carbonyl (C=O) groups is 2. The van der Waals surface area contributed by atoms with E-state index in [9.17, 15) is 9.59 Å². The number of amides is 2. The van der Waals surface area contributed by atoms with Gasteiger partial charge in [-0.1, -0.05) is 0 Å². The number of morpholine rings is 1. The van der Waals surface area contributed by atoms with E-state index in [0.29, 0.717) is 13.2 Å². The molecule has 1 heterocycles. The molecule has 0 aromatic heterocycles. The highest BCUT2D eigenvalue weighted by Crippen LogP contribution is 2.05. The molecule has 3 N–H and O–H groups in total. The van der Waals surface area contributed by atoms with Gasteiger partial charge in [-0.15, -0.1) is 0 Å². The normalized spacial score (nSPS) is 25.5. The number of carbonyl (C=O) groups excluding carboxylic acids is 2. The van der Waals surface area contributed by atoms with Crippen LogP contribution in [0.15, 0.2) is 0 Å². The Balaban J connectivity index is 2.49. The number of hydrogen-bond acceptors (Lipinski definition) is 4. The molecule has 1 fully saturated rings. The second-order valence-corrected chi connectivity index (χ2v) is 5.98. The predicted octanol–water partition coefficient (Wildman–Crippen LogP) is -0.217. The van der Waals surface area contributed by atoms with Gasteiger partial charge in [0.15, 0.2) is 0 Å². The van der Waals surface area contributed by atoms with Crippen molar-refractivity contribution in [3.63, 3.8) is 0 Å². The molecule has 0 aromatic rings. The van der Waals surface area contributed by atoms with E-state index in [2.05, 4.69) is 16.0 Å². The molecular formula is C13H25N3O3. The van der Waals surface area contributed by atoms with Crippen LogP contribution in [0.5, 0.6) is 0 Å². The second-order valence-electron chi connectivity index (χ2n) is 5.98. The van der Waals surface area contributed by atoms with Gasteiger partial charge in [-0.25, -0.2) is 0 Å². The molecule has 1 rings (SSSR count). The molecule has 0 saturated carbocycles. The quantitative estimate of drug-likeness (QED) is 0.663. The first-order valence-corrected chi connectivity index (χ1v) is 6.68. The highest BCUT2D eigenvalue weighted by atomic mass is 16.5. The molecule has 0 aliphatic carbocycles. The lowest BCUT2D eigenvalue weighted by Crippen LogP contribution is -2.59. The number of rotatable bonds is 3. The lowest BCUT2D eigenvalue weighted by atomic mass is 10.1. The van der Waals surface area contributed by atoms with Crippen molar-refractivity contribution in [1.82, 2.24) is 16.0 Å². The van der Waals surface area contributed by atoms with Gasteiger partial charge >= 0.3 is 0 Å². The molecule has 1 saturated heterocycles. The van der Waals surface area contributed by atoms with Crippen LogP contribution in [0.3, 0.4) is 0 Å². The molecule has 0 bridgehead atoms. The average molecular weight is 271 g/mol. The van der Waals surface area contributed by atoms with Crippen LogP contribution in [0.2, 0.25) is 0 Å². The lowest BCUT2D eigenvalue weighted by molar-refractivity contribution is -0.133. The first-order valence-electron chi connectivity index (χ1n) is 6.68. The van der Waals surface area contributed by atoms with Crippen LogP contribution in [0.4, 0.5) is 0 Å². The molecule has 1 unspecified atom stereocenters. The molecule has 1 aliphatic heterocycles. The van der Waals surface area contributed by atoms with E-state index in [1.54, 1.807) is 6.92 Å². The van der Waals surface area contributed by atoms with Gasteiger partial charge in [-0.05, 0) is 34.6 Å². The third kappa shape index (κ3) is 5.16. The molecule has 0 spiro atoms. The summed E-state index contributed by atoms with van der Waals surface area (Å²) in [5, 5.41) is 8.63. The van der Waals surface area contributed by atoms with E-state index >= 15 is 0 Å². The van der Waals surface area contributed by atoms with E-state index < -0.39 is 12.1 Å². The SMILES string of the molecule is CC(NC(=O)[C@H]1NCCO[C@@H]1C)C(=O)NC(C)(C)C. The van der Waals surface area contributed by atoms with Crippen molar-refractivity contribution in [2.24, 2.45) is 0 Å². The van der Waals surface area contributed by atoms with Crippen molar-refractivity contribution in [2.45, 2.75) is 58.3 Å². The van der Waals surface area contributed by atoms with Crippen LogP contribution >= 0.6 is 0 Å². The van der Waals surface area contributed by atoms with Crippen molar-refractivity contribution >= 4 is 11.8 Å². The van der Waals surface area contributed by atoms with Crippen molar-refractivity contribution in [3.8, 4) is 0 Å². The summed E-state index contributed by atoms with van der Waals surface area (Å²) in [5.74, 6) is -0.394. The summed E-state index contributed by atoms with van der Waals surface area (Å²) in [6.07, 6.45) is -0.188. The zero-order valence-corrected chi connectivity index (χ0v) is 12.4. The molecular weight excluding hydrogens is 246 g/mol. The highest BCUT2D eigenvalue weighted by Gasteiger charge is 2.30. The predicted molar refractivity (Wildman–Crippen MR) is 72.7 cm³/mol. The third-order valence-corrected chi connectivity index (χ3v) is 2.85. The smallest absolute Gasteiger partial charge is 0.242 e. The minimum Gasteiger partial charge on any atom is -0.375 e. The maximum absolute atomic E-state index is 12.1. The first kappa shape index (κ1) is 15.9. The monoisotopic (exact) mass is 271 g/mol. The topological polar surface area (TPSA) is 79.5 Å². The van der Waals surface area contributed by atoms with Crippen molar-refractivity contribution in [3.05, 3.63) is 0 Å². The maximum Gasteiger partial charge on any atom is 0.242 e. The van der Waals surface area contributed by atoms with Gasteiger partial charge in [0, 0.05) is 12.1 Å². The summed E-state index contributed by atoms with van der Waals surface area (Å²) < 4.78 is 5.41. The largest absolute Gasteiger partial charge is 0.375 e. The first-order chi connectivity index (χ1) is 8.70. The fourth-order valence-electron chi connectivity index (χ4n) is 1.87. The highest BCUT2D eigenvalue weighted by molar-refractivity contribution is 5.90. The summed E-state index contributed by atoms with van der Waals surface area (Å²) in [4.78, 5) is 23.9. The van der Waals surface area contributed by atoms with Gasteiger partial charge in [0.05, 0.1) is 12.7 Å². The molecule has 110 valence electrons. The Kier molecular flexibility index (Phi) is 5.31. The van der Waals surface area contributed by atoms with Crippen LogP contribution in [0, 0.1) is 0 Å². The standard InChI is InChI=1S/C13H25N3O3/c1-8(11(17)16-13(3,4)5)15-12(18)10-9(2)19-7-6-14-10/h8-10,14H,6-7H2,1-5H3,(H,15,18)(H,16,17)/t8?,9-,10+/m1/s1. The van der Waals surface area contributed by atoms with E-state index in [-0.39, 0.29) is 23.5 Å². The van der Waals surface area contributed by atoms with Gasteiger partial charge < -0.3 is 20.7 Å². The molecule has 0 aromatic carbocycles. The van der Waals surface area contributed by atoms with Gasteiger partial charge in [-0.3, -0.25) is 9.59 Å². The maximum atomic E-state index is 12.1. The second kappa shape index (κ2) is 6.34. The van der Waals surface area contributed by atoms with Crippen LogP contribution in [0.25, 0.3) is 0 Å². The van der Waals surface area contributed by atoms with Gasteiger partial charge in [0.1, 0.15) is 12.1 Å². The van der Waals surface area contributed by atoms with Crippen molar-refractivity contribution < 1.29 is 14.3 Å². The van der Waals surface area contributed by atoms with Gasteiger partial charge in [0.2, 0.25) is 11.8 Å².